The first kappa shape index (κ1) is 16.5. The lowest BCUT2D eigenvalue weighted by molar-refractivity contribution is 0.255. The number of nitrogens with zero attached hydrogens (tertiary/aromatic N) is 2. The van der Waals surface area contributed by atoms with Crippen molar-refractivity contribution in [1.29, 1.82) is 0 Å². The summed E-state index contributed by atoms with van der Waals surface area (Å²) in [4.78, 5) is 16.1. The molecule has 0 saturated carbocycles. The van der Waals surface area contributed by atoms with Gasteiger partial charge in [-0.05, 0) is 42.5 Å². The van der Waals surface area contributed by atoms with Crippen LogP contribution in [0.3, 0.4) is 0 Å². The number of amides is 2. The summed E-state index contributed by atoms with van der Waals surface area (Å²) in [5, 5.41) is 0. The van der Waals surface area contributed by atoms with Gasteiger partial charge in [-0.15, -0.1) is 0 Å². The molecule has 0 aliphatic carbocycles. The monoisotopic (exact) mass is 424 g/mol. The van der Waals surface area contributed by atoms with Crippen LogP contribution in [0, 0.1) is 5.82 Å². The lowest BCUT2D eigenvalue weighted by atomic mass is 10.1. The Morgan fingerprint density at radius 1 is 0.960 bits per heavy atom. The van der Waals surface area contributed by atoms with Crippen molar-refractivity contribution in [3.8, 4) is 0 Å². The van der Waals surface area contributed by atoms with Gasteiger partial charge in [-0.2, -0.15) is 0 Å². The van der Waals surface area contributed by atoms with Gasteiger partial charge in [-0.1, -0.05) is 22.0 Å². The maximum atomic E-state index is 13.2. The summed E-state index contributed by atoms with van der Waals surface area (Å²) >= 11 is 3.38. The van der Waals surface area contributed by atoms with Crippen molar-refractivity contribution in [2.45, 2.75) is 12.1 Å². The third kappa shape index (κ3) is 2.83. The van der Waals surface area contributed by atoms with Crippen molar-refractivity contribution in [1.82, 2.24) is 0 Å². The summed E-state index contributed by atoms with van der Waals surface area (Å²) in [5.41, 5.74) is 1.13. The van der Waals surface area contributed by atoms with Crippen LogP contribution in [0.15, 0.2) is 53.0 Å². The topological polar surface area (TPSA) is 57.7 Å². The Kier molecular flexibility index (Phi) is 3.84. The number of halogens is 2. The van der Waals surface area contributed by atoms with Gasteiger partial charge in [0.15, 0.2) is 9.84 Å². The number of rotatable bonds is 2. The van der Waals surface area contributed by atoms with E-state index in [-0.39, 0.29) is 17.5 Å². The van der Waals surface area contributed by atoms with E-state index in [9.17, 15) is 17.6 Å². The summed E-state index contributed by atoms with van der Waals surface area (Å²) in [6, 6.07) is 11.5. The zero-order valence-electron chi connectivity index (χ0n) is 13.0. The molecule has 8 heteroatoms. The van der Waals surface area contributed by atoms with Crippen LogP contribution >= 0.6 is 15.9 Å². The van der Waals surface area contributed by atoms with Gasteiger partial charge in [0.1, 0.15) is 5.82 Å². The predicted octanol–water partition coefficient (Wildman–Crippen LogP) is 3.20. The van der Waals surface area contributed by atoms with Crippen molar-refractivity contribution >= 4 is 43.2 Å². The molecule has 0 spiro atoms. The van der Waals surface area contributed by atoms with Gasteiger partial charge in [0.05, 0.1) is 23.6 Å². The Morgan fingerprint density at radius 3 is 2.16 bits per heavy atom. The number of benzene rings is 2. The lowest BCUT2D eigenvalue weighted by Gasteiger charge is -2.22. The van der Waals surface area contributed by atoms with Crippen molar-refractivity contribution in [3.05, 3.63) is 58.8 Å². The Labute approximate surface area is 153 Å². The Hall–Kier alpha value is -1.93. The summed E-state index contributed by atoms with van der Waals surface area (Å²) in [6.45, 7) is 0. The van der Waals surface area contributed by atoms with Gasteiger partial charge in [0.2, 0.25) is 0 Å². The first-order valence-electron chi connectivity index (χ1n) is 7.70. The number of fused-ring (bicyclic) bond motifs is 1. The highest BCUT2D eigenvalue weighted by Gasteiger charge is 2.54. The second-order valence-corrected chi connectivity index (χ2v) is 9.26. The number of sulfone groups is 1. The van der Waals surface area contributed by atoms with E-state index in [0.29, 0.717) is 11.4 Å². The molecule has 2 atom stereocenters. The molecular weight excluding hydrogens is 411 g/mol. The Morgan fingerprint density at radius 2 is 1.56 bits per heavy atom. The number of anilines is 2. The minimum atomic E-state index is -3.25. The molecule has 2 fully saturated rings. The summed E-state index contributed by atoms with van der Waals surface area (Å²) < 4.78 is 38.4. The van der Waals surface area contributed by atoms with Crippen LogP contribution in [-0.2, 0) is 9.84 Å². The molecule has 2 heterocycles. The van der Waals surface area contributed by atoms with Crippen LogP contribution < -0.4 is 9.80 Å². The smallest absolute Gasteiger partial charge is 0.288 e. The van der Waals surface area contributed by atoms with Crippen molar-refractivity contribution in [2.24, 2.45) is 0 Å². The SMILES string of the molecule is O=C1N(c2ccc(F)cc2)[C@@H]2CS(=O)(=O)C[C@H]2N1c1cccc(Br)c1. The molecule has 0 unspecified atom stereocenters. The van der Waals surface area contributed by atoms with E-state index in [0.717, 1.165) is 4.47 Å². The highest BCUT2D eigenvalue weighted by molar-refractivity contribution is 9.10. The number of carbonyl (C=O) groups excluding carboxylic acids is 1. The van der Waals surface area contributed by atoms with Gasteiger partial charge in [0, 0.05) is 15.8 Å². The van der Waals surface area contributed by atoms with Crippen LogP contribution in [0.25, 0.3) is 0 Å². The molecule has 2 aromatic rings. The zero-order chi connectivity index (χ0) is 17.8. The molecule has 0 bridgehead atoms. The largest absolute Gasteiger partial charge is 0.329 e. The highest BCUT2D eigenvalue weighted by atomic mass is 79.9. The van der Waals surface area contributed by atoms with E-state index in [1.165, 1.54) is 34.1 Å². The standard InChI is InChI=1S/C17H14BrFN2O3S/c18-11-2-1-3-14(8-11)21-16-10-25(23,24)9-15(16)20(17(21)22)13-6-4-12(19)5-7-13/h1-8,15-16H,9-10H2/t15-,16-/m1/s1. The average molecular weight is 425 g/mol. The predicted molar refractivity (Wildman–Crippen MR) is 97.1 cm³/mol. The maximum absolute atomic E-state index is 13.2. The number of urea groups is 1. The minimum Gasteiger partial charge on any atom is -0.288 e. The fraction of sp³-hybridized carbons (Fsp3) is 0.235. The minimum absolute atomic E-state index is 0.0758. The Balaban J connectivity index is 1.81. The van der Waals surface area contributed by atoms with Gasteiger partial charge in [-0.25, -0.2) is 17.6 Å². The van der Waals surface area contributed by atoms with Gasteiger partial charge >= 0.3 is 6.03 Å². The van der Waals surface area contributed by atoms with Gasteiger partial charge in [0.25, 0.3) is 0 Å². The van der Waals surface area contributed by atoms with E-state index >= 15 is 0 Å². The normalized spacial score (nSPS) is 24.6. The molecule has 2 aliphatic heterocycles. The molecule has 2 aromatic carbocycles. The summed E-state index contributed by atoms with van der Waals surface area (Å²) in [6.07, 6.45) is 0. The summed E-state index contributed by atoms with van der Waals surface area (Å²) in [5.74, 6) is -0.575. The molecule has 2 aliphatic rings. The van der Waals surface area contributed by atoms with Crippen molar-refractivity contribution < 1.29 is 17.6 Å². The number of hydrogen-bond acceptors (Lipinski definition) is 3. The fourth-order valence-corrected chi connectivity index (χ4v) is 5.84. The molecule has 2 saturated heterocycles. The molecule has 0 N–H and O–H groups in total. The quantitative estimate of drug-likeness (QED) is 0.695. The lowest BCUT2D eigenvalue weighted by Crippen LogP contribution is -2.37. The van der Waals surface area contributed by atoms with Crippen LogP contribution in [0.4, 0.5) is 20.6 Å². The first-order chi connectivity index (χ1) is 11.9. The summed E-state index contributed by atoms with van der Waals surface area (Å²) in [7, 11) is -3.25. The average Bonchev–Trinajstić information content (AvgIpc) is 2.97. The molecule has 25 heavy (non-hydrogen) atoms. The molecular formula is C17H14BrFN2O3S. The second-order valence-electron chi connectivity index (χ2n) is 6.19. The highest BCUT2D eigenvalue weighted by Crippen LogP contribution is 2.38. The number of carbonyl (C=O) groups is 1. The first-order valence-corrected chi connectivity index (χ1v) is 10.3. The number of hydrogen-bond donors (Lipinski definition) is 0. The van der Waals surface area contributed by atoms with E-state index in [1.807, 2.05) is 6.07 Å². The molecule has 0 aromatic heterocycles. The van der Waals surface area contributed by atoms with E-state index in [4.69, 9.17) is 0 Å². The van der Waals surface area contributed by atoms with E-state index < -0.39 is 27.7 Å². The molecule has 0 radical (unpaired) electrons. The van der Waals surface area contributed by atoms with E-state index in [2.05, 4.69) is 15.9 Å². The second kappa shape index (κ2) is 5.81. The molecule has 5 nitrogen and oxygen atoms in total. The van der Waals surface area contributed by atoms with Crippen molar-refractivity contribution in [3.63, 3.8) is 0 Å². The van der Waals surface area contributed by atoms with E-state index in [1.54, 1.807) is 18.2 Å². The van der Waals surface area contributed by atoms with Crippen LogP contribution in [0.5, 0.6) is 0 Å². The molecule has 2 amide bonds. The third-order valence-electron chi connectivity index (χ3n) is 4.56. The van der Waals surface area contributed by atoms with Gasteiger partial charge in [-0.3, -0.25) is 9.80 Å². The molecule has 130 valence electrons. The van der Waals surface area contributed by atoms with Crippen LogP contribution in [-0.4, -0.2) is 38.0 Å². The fourth-order valence-electron chi connectivity index (χ4n) is 3.54. The Bertz CT molecular complexity index is 949. The van der Waals surface area contributed by atoms with Crippen LogP contribution in [0.2, 0.25) is 0 Å². The zero-order valence-corrected chi connectivity index (χ0v) is 15.4. The van der Waals surface area contributed by atoms with Gasteiger partial charge < -0.3 is 0 Å². The van der Waals surface area contributed by atoms with Crippen molar-refractivity contribution in [2.75, 3.05) is 21.3 Å². The third-order valence-corrected chi connectivity index (χ3v) is 6.75. The van der Waals surface area contributed by atoms with Crippen LogP contribution in [0.1, 0.15) is 0 Å². The maximum Gasteiger partial charge on any atom is 0.329 e. The molecule has 4 rings (SSSR count).